The Morgan fingerprint density at radius 2 is 2.43 bits per heavy atom. The molecule has 0 aliphatic carbocycles. The van der Waals surface area contributed by atoms with Crippen LogP contribution in [0.4, 0.5) is 0 Å². The molecule has 80 valence electrons. The summed E-state index contributed by atoms with van der Waals surface area (Å²) in [7, 11) is 1.70. The molecule has 5 heteroatoms. The van der Waals surface area contributed by atoms with Crippen molar-refractivity contribution in [3.8, 4) is 5.06 Å². The van der Waals surface area contributed by atoms with Gasteiger partial charge in [-0.25, -0.2) is 0 Å². The average Bonchev–Trinajstić information content (AvgIpc) is 2.54. The van der Waals surface area contributed by atoms with Crippen molar-refractivity contribution in [2.24, 2.45) is 0 Å². The molecular weight excluding hydrogens is 282 g/mol. The number of rotatable bonds is 6. The van der Waals surface area contributed by atoms with Crippen molar-refractivity contribution < 1.29 is 4.74 Å². The number of nitrogens with one attached hydrogen (secondary N) is 1. The number of thiophene rings is 1. The first-order chi connectivity index (χ1) is 6.77. The minimum absolute atomic E-state index is 0.924. The third-order valence-electron chi connectivity index (χ3n) is 1.67. The highest BCUT2D eigenvalue weighted by molar-refractivity contribution is 9.10. The van der Waals surface area contributed by atoms with E-state index in [4.69, 9.17) is 4.74 Å². The van der Waals surface area contributed by atoms with Gasteiger partial charge in [0.15, 0.2) is 5.06 Å². The number of hydrogen-bond donors (Lipinski definition) is 1. The Kier molecular flexibility index (Phi) is 5.93. The Hall–Kier alpha value is 0.290. The Balaban J connectivity index is 2.35. The van der Waals surface area contributed by atoms with E-state index in [1.54, 1.807) is 18.4 Å². The van der Waals surface area contributed by atoms with Gasteiger partial charge in [-0.1, -0.05) is 0 Å². The molecule has 0 amide bonds. The van der Waals surface area contributed by atoms with Crippen LogP contribution in [-0.2, 0) is 6.54 Å². The fraction of sp³-hybridized carbons (Fsp3) is 0.556. The summed E-state index contributed by atoms with van der Waals surface area (Å²) in [4.78, 5) is 1.30. The zero-order valence-electron chi connectivity index (χ0n) is 8.30. The molecule has 0 bridgehead atoms. The van der Waals surface area contributed by atoms with Gasteiger partial charge in [-0.2, -0.15) is 11.8 Å². The summed E-state index contributed by atoms with van der Waals surface area (Å²) < 4.78 is 6.24. The van der Waals surface area contributed by atoms with E-state index in [1.807, 2.05) is 11.8 Å². The molecule has 0 unspecified atom stereocenters. The first-order valence-electron chi connectivity index (χ1n) is 4.29. The van der Waals surface area contributed by atoms with Crippen molar-refractivity contribution in [2.45, 2.75) is 6.54 Å². The molecule has 0 aromatic carbocycles. The molecule has 14 heavy (non-hydrogen) atoms. The minimum atomic E-state index is 0.924. The summed E-state index contributed by atoms with van der Waals surface area (Å²) in [5.41, 5.74) is 0. The molecule has 1 rings (SSSR count). The van der Waals surface area contributed by atoms with Crippen LogP contribution in [0.15, 0.2) is 10.5 Å². The maximum Gasteiger partial charge on any atom is 0.188 e. The van der Waals surface area contributed by atoms with Crippen LogP contribution >= 0.6 is 39.0 Å². The summed E-state index contributed by atoms with van der Waals surface area (Å²) in [6, 6.07) is 2.11. The monoisotopic (exact) mass is 295 g/mol. The van der Waals surface area contributed by atoms with Gasteiger partial charge in [-0.3, -0.25) is 0 Å². The van der Waals surface area contributed by atoms with E-state index in [-0.39, 0.29) is 0 Å². The van der Waals surface area contributed by atoms with Crippen molar-refractivity contribution in [3.05, 3.63) is 15.4 Å². The molecular formula is C9H14BrNOS2. The topological polar surface area (TPSA) is 21.3 Å². The highest BCUT2D eigenvalue weighted by Gasteiger charge is 2.05. The zero-order valence-corrected chi connectivity index (χ0v) is 11.5. The van der Waals surface area contributed by atoms with Crippen LogP contribution in [0.5, 0.6) is 5.06 Å². The fourth-order valence-corrected chi connectivity index (χ4v) is 3.02. The van der Waals surface area contributed by atoms with Crippen molar-refractivity contribution in [1.29, 1.82) is 0 Å². The Morgan fingerprint density at radius 3 is 3.00 bits per heavy atom. The SMILES string of the molecule is COc1sc(CNCCSC)cc1Br. The van der Waals surface area contributed by atoms with E-state index in [2.05, 4.69) is 33.6 Å². The second-order valence-electron chi connectivity index (χ2n) is 2.72. The van der Waals surface area contributed by atoms with Crippen LogP contribution in [0.1, 0.15) is 4.88 Å². The molecule has 0 saturated carbocycles. The predicted molar refractivity (Wildman–Crippen MR) is 68.7 cm³/mol. The predicted octanol–water partition coefficient (Wildman–Crippen LogP) is 2.97. The maximum absolute atomic E-state index is 5.19. The smallest absolute Gasteiger partial charge is 0.188 e. The largest absolute Gasteiger partial charge is 0.486 e. The Morgan fingerprint density at radius 1 is 1.64 bits per heavy atom. The minimum Gasteiger partial charge on any atom is -0.486 e. The summed E-state index contributed by atoms with van der Waals surface area (Å²) in [6.45, 7) is 1.98. The second kappa shape index (κ2) is 6.71. The van der Waals surface area contributed by atoms with Gasteiger partial charge in [0, 0.05) is 23.7 Å². The van der Waals surface area contributed by atoms with E-state index in [0.29, 0.717) is 0 Å². The summed E-state index contributed by atoms with van der Waals surface area (Å²) in [5.74, 6) is 1.16. The van der Waals surface area contributed by atoms with Crippen molar-refractivity contribution in [3.63, 3.8) is 0 Å². The van der Waals surface area contributed by atoms with E-state index in [9.17, 15) is 0 Å². The number of ether oxygens (including phenoxy) is 1. The van der Waals surface area contributed by atoms with E-state index < -0.39 is 0 Å². The van der Waals surface area contributed by atoms with Crippen LogP contribution in [0.3, 0.4) is 0 Å². The molecule has 1 N–H and O–H groups in total. The summed E-state index contributed by atoms with van der Waals surface area (Å²) in [6.07, 6.45) is 2.12. The number of halogens is 1. The standard InChI is InChI=1S/C9H14BrNOS2/c1-12-9-8(10)5-7(14-9)6-11-3-4-13-2/h5,11H,3-4,6H2,1-2H3. The van der Waals surface area contributed by atoms with Gasteiger partial charge in [0.2, 0.25) is 0 Å². The van der Waals surface area contributed by atoms with Gasteiger partial charge >= 0.3 is 0 Å². The van der Waals surface area contributed by atoms with Crippen LogP contribution in [-0.4, -0.2) is 25.7 Å². The molecule has 0 radical (unpaired) electrons. The van der Waals surface area contributed by atoms with Crippen LogP contribution < -0.4 is 10.1 Å². The third kappa shape index (κ3) is 3.81. The van der Waals surface area contributed by atoms with Crippen LogP contribution in [0.2, 0.25) is 0 Å². The van der Waals surface area contributed by atoms with Crippen molar-refractivity contribution in [1.82, 2.24) is 5.32 Å². The molecule has 0 aliphatic heterocycles. The lowest BCUT2D eigenvalue weighted by Crippen LogP contribution is -2.15. The van der Waals surface area contributed by atoms with Crippen molar-refractivity contribution >= 4 is 39.0 Å². The molecule has 1 aromatic heterocycles. The first-order valence-corrected chi connectivity index (χ1v) is 7.30. The Bertz CT molecular complexity index is 278. The van der Waals surface area contributed by atoms with E-state index in [1.165, 1.54) is 4.88 Å². The molecule has 2 nitrogen and oxygen atoms in total. The van der Waals surface area contributed by atoms with Gasteiger partial charge < -0.3 is 10.1 Å². The highest BCUT2D eigenvalue weighted by atomic mass is 79.9. The molecule has 0 aliphatic rings. The summed E-state index contributed by atoms with van der Waals surface area (Å²) in [5, 5.41) is 4.33. The van der Waals surface area contributed by atoms with E-state index >= 15 is 0 Å². The van der Waals surface area contributed by atoms with Gasteiger partial charge in [0.25, 0.3) is 0 Å². The number of methoxy groups -OCH3 is 1. The molecule has 0 atom stereocenters. The third-order valence-corrected chi connectivity index (χ3v) is 4.23. The van der Waals surface area contributed by atoms with E-state index in [0.717, 1.165) is 28.4 Å². The van der Waals surface area contributed by atoms with Gasteiger partial charge in [-0.05, 0) is 28.3 Å². The fourth-order valence-electron chi connectivity index (χ4n) is 1.01. The normalized spacial score (nSPS) is 10.5. The number of hydrogen-bond acceptors (Lipinski definition) is 4. The van der Waals surface area contributed by atoms with Gasteiger partial charge in [0.05, 0.1) is 11.6 Å². The average molecular weight is 296 g/mol. The maximum atomic E-state index is 5.19. The van der Waals surface area contributed by atoms with Gasteiger partial charge in [0.1, 0.15) is 0 Å². The second-order valence-corrected chi connectivity index (χ2v) is 5.66. The van der Waals surface area contributed by atoms with Crippen LogP contribution in [0, 0.1) is 0 Å². The lowest BCUT2D eigenvalue weighted by molar-refractivity contribution is 0.425. The molecule has 0 spiro atoms. The lowest BCUT2D eigenvalue weighted by Gasteiger charge is -1.99. The van der Waals surface area contributed by atoms with Crippen molar-refractivity contribution in [2.75, 3.05) is 25.7 Å². The Labute approximate surface area is 102 Å². The quantitative estimate of drug-likeness (QED) is 0.816. The molecule has 0 fully saturated rings. The van der Waals surface area contributed by atoms with Gasteiger partial charge in [-0.15, -0.1) is 11.3 Å². The molecule has 1 heterocycles. The summed E-state index contributed by atoms with van der Waals surface area (Å²) >= 11 is 6.99. The first kappa shape index (κ1) is 12.4. The highest BCUT2D eigenvalue weighted by Crippen LogP contribution is 2.34. The van der Waals surface area contributed by atoms with Crippen LogP contribution in [0.25, 0.3) is 0 Å². The molecule has 1 aromatic rings. The molecule has 0 saturated heterocycles. The zero-order chi connectivity index (χ0) is 10.4. The number of thioether (sulfide) groups is 1. The lowest BCUT2D eigenvalue weighted by atomic mass is 10.4.